The third-order valence-corrected chi connectivity index (χ3v) is 4.79. The zero-order chi connectivity index (χ0) is 30.0. The van der Waals surface area contributed by atoms with Crippen LogP contribution in [0.2, 0.25) is 0 Å². The monoisotopic (exact) mass is 568 g/mol. The third kappa shape index (κ3) is 36.3. The molecule has 4 unspecified atom stereocenters. The molecule has 0 spiro atoms. The van der Waals surface area contributed by atoms with Crippen LogP contribution in [-0.4, -0.2) is 120 Å². The van der Waals surface area contributed by atoms with Gasteiger partial charge in [0.2, 0.25) is 0 Å². The van der Waals surface area contributed by atoms with Gasteiger partial charge in [0.15, 0.2) is 6.10 Å². The molecular formula is C21H44O15S. The average Bonchev–Trinajstić information content (AvgIpc) is 2.80. The van der Waals surface area contributed by atoms with E-state index < -0.39 is 71.4 Å². The van der Waals surface area contributed by atoms with Crippen molar-refractivity contribution >= 4 is 28.0 Å². The van der Waals surface area contributed by atoms with E-state index >= 15 is 0 Å². The average molecular weight is 569 g/mol. The summed E-state index contributed by atoms with van der Waals surface area (Å²) in [5.41, 5.74) is 0. The molecule has 0 amide bonds. The van der Waals surface area contributed by atoms with Crippen molar-refractivity contribution in [3.8, 4) is 0 Å². The predicted molar refractivity (Wildman–Crippen MR) is 130 cm³/mol. The van der Waals surface area contributed by atoms with Crippen molar-refractivity contribution in [1.29, 1.82) is 0 Å². The van der Waals surface area contributed by atoms with Crippen LogP contribution in [0.5, 0.6) is 0 Å². The molecule has 15 nitrogen and oxygen atoms in total. The number of carboxylic acid groups (broad SMARTS) is 3. The number of carboxylic acids is 3. The first-order valence-electron chi connectivity index (χ1n) is 11.6. The zero-order valence-corrected chi connectivity index (χ0v) is 22.0. The molecule has 0 aromatic rings. The van der Waals surface area contributed by atoms with Crippen LogP contribution in [0.3, 0.4) is 0 Å². The van der Waals surface area contributed by atoms with Crippen molar-refractivity contribution in [2.75, 3.05) is 19.0 Å². The van der Waals surface area contributed by atoms with E-state index in [9.17, 15) is 22.8 Å². The lowest BCUT2D eigenvalue weighted by molar-refractivity contribution is -0.164. The number of hydrogen-bond donors (Lipinski definition) is 10. The third-order valence-electron chi connectivity index (χ3n) is 4.10. The Morgan fingerprint density at radius 3 is 1.38 bits per heavy atom. The van der Waals surface area contributed by atoms with Crippen molar-refractivity contribution in [1.82, 2.24) is 0 Å². The number of aliphatic hydroxyl groups excluding tert-OH is 6. The summed E-state index contributed by atoms with van der Waals surface area (Å²) in [5, 5.41) is 76.0. The summed E-state index contributed by atoms with van der Waals surface area (Å²) in [4.78, 5) is 29.9. The van der Waals surface area contributed by atoms with Crippen molar-refractivity contribution < 1.29 is 73.3 Å². The lowest BCUT2D eigenvalue weighted by Gasteiger charge is -2.23. The predicted octanol–water partition coefficient (Wildman–Crippen LogP) is -0.934. The molecule has 0 aliphatic heterocycles. The van der Waals surface area contributed by atoms with Gasteiger partial charge in [-0.25, -0.2) is 4.79 Å². The highest BCUT2D eigenvalue weighted by Crippen LogP contribution is 2.05. The molecule has 0 fully saturated rings. The van der Waals surface area contributed by atoms with E-state index in [-0.39, 0.29) is 0 Å². The maximum atomic E-state index is 10.1. The van der Waals surface area contributed by atoms with Crippen LogP contribution in [0.1, 0.15) is 71.6 Å². The molecule has 0 aromatic carbocycles. The molecule has 10 N–H and O–H groups in total. The van der Waals surface area contributed by atoms with E-state index in [0.717, 1.165) is 38.5 Å². The Bertz CT molecular complexity index is 669. The standard InChI is InChI=1S/C7H14O2.C6H12O7.C6H12O2.C2H6O4S/c1-2-3-4-5-6-7(8)9;7-1-2(8)3(9)4(10)5(11)6(12)13;1-2-3-4-5-6(7)8;3-1-2-7(4,5)6/h2-6H2,1H3,(H,8,9);2-5,7-11H,1H2,(H,12,13);2-5H2,1H3,(H,7,8);3H,1-2H2,(H,4,5,6). The normalized spacial score (nSPS) is 13.6. The fourth-order valence-electron chi connectivity index (χ4n) is 2.01. The summed E-state index contributed by atoms with van der Waals surface area (Å²) in [5.74, 6) is -3.66. The van der Waals surface area contributed by atoms with Gasteiger partial charge in [0.05, 0.1) is 19.0 Å². The quantitative estimate of drug-likeness (QED) is 0.0794. The highest BCUT2D eigenvalue weighted by atomic mass is 32.2. The summed E-state index contributed by atoms with van der Waals surface area (Å²) in [7, 11) is -3.92. The fourth-order valence-corrected chi connectivity index (χ4v) is 2.24. The second-order valence-electron chi connectivity index (χ2n) is 7.58. The van der Waals surface area contributed by atoms with Gasteiger partial charge in [-0.05, 0) is 12.8 Å². The Morgan fingerprint density at radius 2 is 1.11 bits per heavy atom. The molecule has 37 heavy (non-hydrogen) atoms. The minimum atomic E-state index is -3.92. The van der Waals surface area contributed by atoms with E-state index in [0.29, 0.717) is 12.8 Å². The zero-order valence-electron chi connectivity index (χ0n) is 21.2. The van der Waals surface area contributed by atoms with Crippen molar-refractivity contribution in [3.63, 3.8) is 0 Å². The van der Waals surface area contributed by atoms with Crippen LogP contribution < -0.4 is 0 Å². The van der Waals surface area contributed by atoms with Gasteiger partial charge in [0.1, 0.15) is 18.3 Å². The topological polar surface area (TPSA) is 288 Å². The fraction of sp³-hybridized carbons (Fsp3) is 0.857. The molecule has 0 saturated carbocycles. The highest BCUT2D eigenvalue weighted by Gasteiger charge is 2.33. The first-order chi connectivity index (χ1) is 17.0. The van der Waals surface area contributed by atoms with E-state index in [2.05, 4.69) is 13.8 Å². The van der Waals surface area contributed by atoms with Gasteiger partial charge >= 0.3 is 17.9 Å². The van der Waals surface area contributed by atoms with E-state index in [1.165, 1.54) is 6.42 Å². The molecule has 0 rings (SSSR count). The summed E-state index contributed by atoms with van der Waals surface area (Å²) >= 11 is 0. The van der Waals surface area contributed by atoms with Gasteiger partial charge in [0, 0.05) is 12.8 Å². The SMILES string of the molecule is CCCCCC(=O)O.CCCCCCC(=O)O.O=C(O)C(O)C(O)C(O)C(O)CO.O=S(=O)(O)CCO. The molecule has 0 aliphatic carbocycles. The van der Waals surface area contributed by atoms with E-state index in [4.69, 9.17) is 50.5 Å². The number of aliphatic hydroxyl groups is 6. The van der Waals surface area contributed by atoms with Crippen LogP contribution in [0.4, 0.5) is 0 Å². The van der Waals surface area contributed by atoms with Crippen LogP contribution in [0, 0.1) is 0 Å². The largest absolute Gasteiger partial charge is 0.481 e. The molecule has 4 atom stereocenters. The number of aliphatic carboxylic acids is 3. The van der Waals surface area contributed by atoms with Gasteiger partial charge in [-0.1, -0.05) is 46.0 Å². The molecule has 224 valence electrons. The van der Waals surface area contributed by atoms with Gasteiger partial charge < -0.3 is 46.0 Å². The number of carbonyl (C=O) groups is 3. The Hall–Kier alpha value is -1.92. The summed E-state index contributed by atoms with van der Waals surface area (Å²) in [6.45, 7) is 2.80. The van der Waals surface area contributed by atoms with Crippen LogP contribution in [0.25, 0.3) is 0 Å². The lowest BCUT2D eigenvalue weighted by atomic mass is 10.0. The molecule has 0 aromatic heterocycles. The Balaban J connectivity index is -0.000000202. The maximum absolute atomic E-state index is 10.1. The Labute approximate surface area is 216 Å². The van der Waals surface area contributed by atoms with Crippen molar-refractivity contribution in [2.45, 2.75) is 96.1 Å². The summed E-state index contributed by atoms with van der Waals surface area (Å²) in [6.07, 6.45) is -0.00561. The smallest absolute Gasteiger partial charge is 0.335 e. The Morgan fingerprint density at radius 1 is 0.703 bits per heavy atom. The van der Waals surface area contributed by atoms with Gasteiger partial charge in [-0.2, -0.15) is 8.42 Å². The molecule has 16 heteroatoms. The van der Waals surface area contributed by atoms with E-state index in [1.807, 2.05) is 0 Å². The van der Waals surface area contributed by atoms with Gasteiger partial charge in [-0.3, -0.25) is 14.1 Å². The number of hydrogen-bond acceptors (Lipinski definition) is 11. The van der Waals surface area contributed by atoms with Gasteiger partial charge in [-0.15, -0.1) is 0 Å². The Kier molecular flexibility index (Phi) is 30.9. The van der Waals surface area contributed by atoms with Crippen molar-refractivity contribution in [3.05, 3.63) is 0 Å². The first-order valence-corrected chi connectivity index (χ1v) is 13.2. The number of unbranched alkanes of at least 4 members (excludes halogenated alkanes) is 5. The molecule has 0 aliphatic rings. The van der Waals surface area contributed by atoms with Crippen LogP contribution in [0.15, 0.2) is 0 Å². The molecule has 0 bridgehead atoms. The molecule has 0 radical (unpaired) electrons. The second-order valence-corrected chi connectivity index (χ2v) is 9.15. The molecule has 0 saturated heterocycles. The van der Waals surface area contributed by atoms with Crippen LogP contribution in [-0.2, 0) is 24.5 Å². The maximum Gasteiger partial charge on any atom is 0.335 e. The first kappa shape index (κ1) is 42.2. The minimum absolute atomic E-state index is 0.327. The molecule has 0 heterocycles. The van der Waals surface area contributed by atoms with Gasteiger partial charge in [0.25, 0.3) is 10.1 Å². The highest BCUT2D eigenvalue weighted by molar-refractivity contribution is 7.85. The van der Waals surface area contributed by atoms with E-state index in [1.54, 1.807) is 0 Å². The molecular weight excluding hydrogens is 524 g/mol. The summed E-state index contributed by atoms with van der Waals surface area (Å²) in [6, 6.07) is 0. The van der Waals surface area contributed by atoms with Crippen molar-refractivity contribution in [2.24, 2.45) is 0 Å². The lowest BCUT2D eigenvalue weighted by Crippen LogP contribution is -2.48. The summed E-state index contributed by atoms with van der Waals surface area (Å²) < 4.78 is 27.1. The minimum Gasteiger partial charge on any atom is -0.481 e. The van der Waals surface area contributed by atoms with Crippen LogP contribution >= 0.6 is 0 Å². The number of rotatable bonds is 16. The second kappa shape index (κ2) is 27.1.